The summed E-state index contributed by atoms with van der Waals surface area (Å²) in [6, 6.07) is 0.791. The molecule has 0 bridgehead atoms. The zero-order chi connectivity index (χ0) is 13.7. The maximum Gasteiger partial charge on any atom is 0.0589 e. The first-order valence-electron chi connectivity index (χ1n) is 7.11. The molecule has 0 aliphatic carbocycles. The van der Waals surface area contributed by atoms with E-state index < -0.39 is 0 Å². The number of methoxy groups -OCH3 is 1. The Morgan fingerprint density at radius 1 is 1.06 bits per heavy atom. The van der Waals surface area contributed by atoms with Crippen molar-refractivity contribution in [3.8, 4) is 0 Å². The Kier molecular flexibility index (Phi) is 15.8. The Morgan fingerprint density at radius 2 is 1.53 bits per heavy atom. The topological polar surface area (TPSA) is 15.7 Å². The van der Waals surface area contributed by atoms with E-state index in [9.17, 15) is 0 Å². The quantitative estimate of drug-likeness (QED) is 0.758. The van der Waals surface area contributed by atoms with Crippen molar-refractivity contribution in [3.63, 3.8) is 0 Å². The maximum atomic E-state index is 5.07. The number of hydrogen-bond donors (Lipinski definition) is 0. The Balaban J connectivity index is 0. The molecule has 0 aromatic carbocycles. The van der Waals surface area contributed by atoms with Crippen LogP contribution in [0.15, 0.2) is 0 Å². The maximum absolute atomic E-state index is 5.07. The van der Waals surface area contributed by atoms with Crippen LogP contribution in [0.3, 0.4) is 0 Å². The van der Waals surface area contributed by atoms with Crippen molar-refractivity contribution >= 4 is 0 Å². The molecular formula is C14H34N2O. The van der Waals surface area contributed by atoms with E-state index >= 15 is 0 Å². The van der Waals surface area contributed by atoms with Gasteiger partial charge in [-0.2, -0.15) is 0 Å². The van der Waals surface area contributed by atoms with Crippen molar-refractivity contribution in [1.82, 2.24) is 9.80 Å². The molecule has 0 aromatic heterocycles. The summed E-state index contributed by atoms with van der Waals surface area (Å²) in [7, 11) is 6.12. The molecule has 0 spiro atoms. The third kappa shape index (κ3) is 9.57. The molecular weight excluding hydrogens is 212 g/mol. The zero-order valence-corrected chi connectivity index (χ0v) is 13.1. The van der Waals surface area contributed by atoms with Gasteiger partial charge in [-0.25, -0.2) is 0 Å². The Labute approximate surface area is 109 Å². The minimum Gasteiger partial charge on any atom is -0.383 e. The van der Waals surface area contributed by atoms with E-state index in [0.29, 0.717) is 0 Å². The van der Waals surface area contributed by atoms with Gasteiger partial charge in [-0.3, -0.25) is 0 Å². The molecule has 17 heavy (non-hydrogen) atoms. The van der Waals surface area contributed by atoms with E-state index in [4.69, 9.17) is 4.74 Å². The molecule has 0 amide bonds. The summed E-state index contributed by atoms with van der Waals surface area (Å²) in [6.07, 6.45) is 2.60. The van der Waals surface area contributed by atoms with Gasteiger partial charge in [-0.15, -0.1) is 0 Å². The molecule has 106 valence electrons. The smallest absolute Gasteiger partial charge is 0.0589 e. The van der Waals surface area contributed by atoms with Crippen molar-refractivity contribution in [2.75, 3.05) is 47.4 Å². The molecule has 0 N–H and O–H groups in total. The van der Waals surface area contributed by atoms with Gasteiger partial charge in [0.15, 0.2) is 0 Å². The summed E-state index contributed by atoms with van der Waals surface area (Å²) in [4.78, 5) is 4.83. The number of rotatable bonds is 4. The molecule has 0 unspecified atom stereocenters. The number of likely N-dealkylation sites (tertiary alicyclic amines) is 1. The molecule has 3 nitrogen and oxygen atoms in total. The summed E-state index contributed by atoms with van der Waals surface area (Å²) in [5.41, 5.74) is 0. The third-order valence-corrected chi connectivity index (χ3v) is 2.90. The van der Waals surface area contributed by atoms with Crippen LogP contribution in [0.1, 0.15) is 40.5 Å². The molecule has 1 aliphatic rings. The molecule has 1 saturated heterocycles. The van der Waals surface area contributed by atoms with Crippen molar-refractivity contribution in [3.05, 3.63) is 0 Å². The number of hydrogen-bond acceptors (Lipinski definition) is 3. The SMILES string of the molecule is CC.CC.COCCN1CCC(N(C)C)CC1. The molecule has 0 saturated carbocycles. The van der Waals surface area contributed by atoms with Gasteiger partial charge >= 0.3 is 0 Å². The third-order valence-electron chi connectivity index (χ3n) is 2.90. The van der Waals surface area contributed by atoms with Crippen LogP contribution in [-0.4, -0.2) is 63.3 Å². The molecule has 0 aromatic rings. The number of nitrogens with zero attached hydrogens (tertiary/aromatic N) is 2. The lowest BCUT2D eigenvalue weighted by molar-refractivity contribution is 0.106. The van der Waals surface area contributed by atoms with Crippen LogP contribution >= 0.6 is 0 Å². The van der Waals surface area contributed by atoms with Crippen molar-refractivity contribution in [2.24, 2.45) is 0 Å². The van der Waals surface area contributed by atoms with Crippen LogP contribution < -0.4 is 0 Å². The second-order valence-electron chi connectivity index (χ2n) is 4.03. The van der Waals surface area contributed by atoms with Gasteiger partial charge in [0.2, 0.25) is 0 Å². The Hall–Kier alpha value is -0.120. The zero-order valence-electron chi connectivity index (χ0n) is 13.1. The fourth-order valence-electron chi connectivity index (χ4n) is 1.88. The minimum atomic E-state index is 0.791. The summed E-state index contributed by atoms with van der Waals surface area (Å²) in [5.74, 6) is 0. The number of piperidine rings is 1. The van der Waals surface area contributed by atoms with Gasteiger partial charge in [0.25, 0.3) is 0 Å². The van der Waals surface area contributed by atoms with Gasteiger partial charge < -0.3 is 14.5 Å². The highest BCUT2D eigenvalue weighted by Crippen LogP contribution is 2.13. The lowest BCUT2D eigenvalue weighted by Gasteiger charge is -2.34. The normalized spacial score (nSPS) is 16.9. The summed E-state index contributed by atoms with van der Waals surface area (Å²) >= 11 is 0. The highest BCUT2D eigenvalue weighted by molar-refractivity contribution is 4.76. The largest absolute Gasteiger partial charge is 0.383 e. The Bertz CT molecular complexity index is 132. The van der Waals surface area contributed by atoms with Crippen LogP contribution in [0.4, 0.5) is 0 Å². The molecule has 1 aliphatic heterocycles. The van der Waals surface area contributed by atoms with E-state index in [1.54, 1.807) is 7.11 Å². The summed E-state index contributed by atoms with van der Waals surface area (Å²) in [6.45, 7) is 12.4. The summed E-state index contributed by atoms with van der Waals surface area (Å²) < 4.78 is 5.07. The lowest BCUT2D eigenvalue weighted by Crippen LogP contribution is -2.42. The van der Waals surface area contributed by atoms with Gasteiger partial charge in [0, 0.05) is 19.7 Å². The first kappa shape index (κ1) is 19.2. The van der Waals surface area contributed by atoms with Crippen LogP contribution in [-0.2, 0) is 4.74 Å². The highest BCUT2D eigenvalue weighted by Gasteiger charge is 2.19. The first-order valence-corrected chi connectivity index (χ1v) is 7.11. The van der Waals surface area contributed by atoms with E-state index in [1.165, 1.54) is 25.9 Å². The fourth-order valence-corrected chi connectivity index (χ4v) is 1.88. The van der Waals surface area contributed by atoms with E-state index in [0.717, 1.165) is 19.2 Å². The highest BCUT2D eigenvalue weighted by atomic mass is 16.5. The molecule has 0 atom stereocenters. The molecule has 1 fully saturated rings. The fraction of sp³-hybridized carbons (Fsp3) is 1.00. The van der Waals surface area contributed by atoms with Crippen molar-refractivity contribution in [1.29, 1.82) is 0 Å². The second-order valence-corrected chi connectivity index (χ2v) is 4.03. The van der Waals surface area contributed by atoms with Gasteiger partial charge in [-0.05, 0) is 40.0 Å². The number of ether oxygens (including phenoxy) is 1. The average molecular weight is 246 g/mol. The van der Waals surface area contributed by atoms with Crippen LogP contribution in [0.5, 0.6) is 0 Å². The van der Waals surface area contributed by atoms with Crippen LogP contribution in [0.25, 0.3) is 0 Å². The van der Waals surface area contributed by atoms with Gasteiger partial charge in [0.05, 0.1) is 6.61 Å². The van der Waals surface area contributed by atoms with Crippen molar-refractivity contribution in [2.45, 2.75) is 46.6 Å². The standard InChI is InChI=1S/C10H22N2O.2C2H6/c1-11(2)10-4-6-12(7-5-10)8-9-13-3;2*1-2/h10H,4-9H2,1-3H3;2*1-2H3. The predicted octanol–water partition coefficient (Wildman–Crippen LogP) is 2.71. The van der Waals surface area contributed by atoms with E-state index in [2.05, 4.69) is 23.9 Å². The monoisotopic (exact) mass is 246 g/mol. The summed E-state index contributed by atoms with van der Waals surface area (Å²) in [5, 5.41) is 0. The molecule has 0 radical (unpaired) electrons. The first-order chi connectivity index (χ1) is 8.24. The van der Waals surface area contributed by atoms with Crippen LogP contribution in [0.2, 0.25) is 0 Å². The molecule has 1 heterocycles. The average Bonchev–Trinajstić information content (AvgIpc) is 2.41. The Morgan fingerprint density at radius 3 is 1.88 bits per heavy atom. The lowest BCUT2D eigenvalue weighted by atomic mass is 10.0. The second kappa shape index (κ2) is 13.9. The predicted molar refractivity (Wildman–Crippen MR) is 77.7 cm³/mol. The van der Waals surface area contributed by atoms with Gasteiger partial charge in [0.1, 0.15) is 0 Å². The molecule has 3 heteroatoms. The van der Waals surface area contributed by atoms with E-state index in [1.807, 2.05) is 27.7 Å². The van der Waals surface area contributed by atoms with Gasteiger partial charge in [-0.1, -0.05) is 27.7 Å². The van der Waals surface area contributed by atoms with E-state index in [-0.39, 0.29) is 0 Å². The van der Waals surface area contributed by atoms with Crippen molar-refractivity contribution < 1.29 is 4.74 Å². The minimum absolute atomic E-state index is 0.791. The van der Waals surface area contributed by atoms with Crippen LogP contribution in [0, 0.1) is 0 Å². The molecule has 1 rings (SSSR count).